The first-order valence-corrected chi connectivity index (χ1v) is 5.44. The van der Waals surface area contributed by atoms with Crippen LogP contribution in [0.1, 0.15) is 0 Å². The average molecular weight is 268 g/mol. The molecule has 1 heterocycles. The average Bonchev–Trinajstić information content (AvgIpc) is 2.36. The molecule has 2 N–H and O–H groups in total. The molecular weight excluding hydrogens is 257 g/mol. The fourth-order valence-electron chi connectivity index (χ4n) is 1.57. The number of pyridine rings is 1. The predicted octanol–water partition coefficient (Wildman–Crippen LogP) is 3.27. The van der Waals surface area contributed by atoms with Gasteiger partial charge < -0.3 is 10.5 Å². The van der Waals surface area contributed by atoms with E-state index in [1.54, 1.807) is 30.6 Å². The lowest BCUT2D eigenvalue weighted by Gasteiger charge is -2.11. The molecule has 3 nitrogen and oxygen atoms in total. The highest BCUT2D eigenvalue weighted by molar-refractivity contribution is 5.68. The Morgan fingerprint density at radius 1 is 1.16 bits per heavy atom. The molecule has 19 heavy (non-hydrogen) atoms. The minimum atomic E-state index is -4.38. The molecule has 0 aliphatic rings. The van der Waals surface area contributed by atoms with E-state index in [0.29, 0.717) is 11.3 Å². The first-order chi connectivity index (χ1) is 8.94. The van der Waals surface area contributed by atoms with E-state index in [1.807, 2.05) is 0 Å². The van der Waals surface area contributed by atoms with E-state index in [4.69, 9.17) is 5.73 Å². The van der Waals surface area contributed by atoms with Crippen molar-refractivity contribution in [3.8, 4) is 16.9 Å². The quantitative estimate of drug-likeness (QED) is 0.869. The summed E-state index contributed by atoms with van der Waals surface area (Å²) in [5, 5.41) is 0. The van der Waals surface area contributed by atoms with Crippen LogP contribution in [-0.2, 0) is 0 Å². The second-order valence-electron chi connectivity index (χ2n) is 3.94. The van der Waals surface area contributed by atoms with E-state index in [-0.39, 0.29) is 5.75 Å². The maximum atomic E-state index is 12.1. The molecule has 1 aromatic carbocycles. The Bertz CT molecular complexity index is 556. The smallest absolute Gasteiger partial charge is 0.422 e. The summed E-state index contributed by atoms with van der Waals surface area (Å²) in [4.78, 5) is 3.94. The summed E-state index contributed by atoms with van der Waals surface area (Å²) in [5.74, 6) is 0.0798. The third kappa shape index (κ3) is 3.87. The summed E-state index contributed by atoms with van der Waals surface area (Å²) in [5.41, 5.74) is 7.40. The van der Waals surface area contributed by atoms with Gasteiger partial charge in [-0.3, -0.25) is 4.98 Å². The number of halogens is 3. The Balaban J connectivity index is 2.25. The fourth-order valence-corrected chi connectivity index (χ4v) is 1.57. The van der Waals surface area contributed by atoms with Crippen LogP contribution in [-0.4, -0.2) is 17.8 Å². The number of hydrogen-bond donors (Lipinski definition) is 1. The second kappa shape index (κ2) is 5.17. The number of ether oxygens (including phenoxy) is 1. The van der Waals surface area contributed by atoms with Crippen molar-refractivity contribution in [3.63, 3.8) is 0 Å². The van der Waals surface area contributed by atoms with E-state index in [2.05, 4.69) is 9.72 Å². The highest BCUT2D eigenvalue weighted by Gasteiger charge is 2.28. The summed E-state index contributed by atoms with van der Waals surface area (Å²) < 4.78 is 41.0. The van der Waals surface area contributed by atoms with Crippen LogP contribution >= 0.6 is 0 Å². The van der Waals surface area contributed by atoms with E-state index in [1.165, 1.54) is 12.1 Å². The van der Waals surface area contributed by atoms with E-state index in [9.17, 15) is 13.2 Å². The molecule has 0 bridgehead atoms. The van der Waals surface area contributed by atoms with Gasteiger partial charge in [-0.25, -0.2) is 0 Å². The number of nitrogens with zero attached hydrogens (tertiary/aromatic N) is 1. The number of benzene rings is 1. The molecule has 0 saturated heterocycles. The molecule has 0 saturated carbocycles. The highest BCUT2D eigenvalue weighted by Crippen LogP contribution is 2.28. The fraction of sp³-hybridized carbons (Fsp3) is 0.154. The van der Waals surface area contributed by atoms with Crippen LogP contribution in [0, 0.1) is 0 Å². The van der Waals surface area contributed by atoms with Crippen molar-refractivity contribution >= 4 is 5.69 Å². The van der Waals surface area contributed by atoms with E-state index >= 15 is 0 Å². The van der Waals surface area contributed by atoms with Gasteiger partial charge in [0.25, 0.3) is 0 Å². The molecule has 0 amide bonds. The number of hydrogen-bond acceptors (Lipinski definition) is 3. The van der Waals surface area contributed by atoms with Crippen molar-refractivity contribution in [2.45, 2.75) is 6.18 Å². The molecule has 0 radical (unpaired) electrons. The molecule has 0 atom stereocenters. The highest BCUT2D eigenvalue weighted by atomic mass is 19.4. The number of alkyl halides is 3. The van der Waals surface area contributed by atoms with Gasteiger partial charge >= 0.3 is 6.18 Å². The Morgan fingerprint density at radius 2 is 1.95 bits per heavy atom. The lowest BCUT2D eigenvalue weighted by Crippen LogP contribution is -2.19. The zero-order valence-corrected chi connectivity index (χ0v) is 9.82. The Labute approximate surface area is 107 Å². The van der Waals surface area contributed by atoms with Crippen molar-refractivity contribution in [3.05, 3.63) is 42.7 Å². The first kappa shape index (κ1) is 13.2. The molecule has 0 fully saturated rings. The van der Waals surface area contributed by atoms with Gasteiger partial charge in [0.05, 0.1) is 0 Å². The number of aromatic nitrogens is 1. The van der Waals surface area contributed by atoms with Gasteiger partial charge in [-0.1, -0.05) is 6.07 Å². The Morgan fingerprint density at radius 3 is 2.58 bits per heavy atom. The largest absolute Gasteiger partial charge is 0.484 e. The number of anilines is 1. The standard InChI is InChI=1S/C13H11F3N2O/c14-13(15,16)8-19-12-5-10(4-11(17)6-12)9-2-1-3-18-7-9/h1-7H,8,17H2. The first-order valence-electron chi connectivity index (χ1n) is 5.44. The molecular formula is C13H11F3N2O. The SMILES string of the molecule is Nc1cc(OCC(F)(F)F)cc(-c2cccnc2)c1. The summed E-state index contributed by atoms with van der Waals surface area (Å²) in [6, 6.07) is 8.02. The molecule has 1 aromatic heterocycles. The van der Waals surface area contributed by atoms with Gasteiger partial charge in [-0.15, -0.1) is 0 Å². The Kier molecular flexibility index (Phi) is 3.59. The van der Waals surface area contributed by atoms with Crippen molar-refractivity contribution in [1.29, 1.82) is 0 Å². The zero-order valence-electron chi connectivity index (χ0n) is 9.82. The molecule has 6 heteroatoms. The van der Waals surface area contributed by atoms with Gasteiger partial charge in [0.2, 0.25) is 0 Å². The third-order valence-electron chi connectivity index (χ3n) is 2.33. The molecule has 0 spiro atoms. The minimum Gasteiger partial charge on any atom is -0.484 e. The molecule has 2 rings (SSSR count). The maximum Gasteiger partial charge on any atom is 0.422 e. The lowest BCUT2D eigenvalue weighted by atomic mass is 10.1. The number of rotatable bonds is 3. The van der Waals surface area contributed by atoms with Gasteiger partial charge in [-0.2, -0.15) is 13.2 Å². The minimum absolute atomic E-state index is 0.0798. The summed E-state index contributed by atoms with van der Waals surface area (Å²) in [7, 11) is 0. The zero-order chi connectivity index (χ0) is 13.9. The van der Waals surface area contributed by atoms with Gasteiger partial charge in [0.15, 0.2) is 6.61 Å². The van der Waals surface area contributed by atoms with Crippen LogP contribution in [0.3, 0.4) is 0 Å². The summed E-state index contributed by atoms with van der Waals surface area (Å²) in [6.45, 7) is -1.34. The van der Waals surface area contributed by atoms with Crippen molar-refractivity contribution in [2.24, 2.45) is 0 Å². The van der Waals surface area contributed by atoms with Crippen LogP contribution < -0.4 is 10.5 Å². The topological polar surface area (TPSA) is 48.1 Å². The van der Waals surface area contributed by atoms with Crippen LogP contribution in [0.2, 0.25) is 0 Å². The molecule has 0 unspecified atom stereocenters. The molecule has 2 aromatic rings. The van der Waals surface area contributed by atoms with Crippen molar-refractivity contribution in [2.75, 3.05) is 12.3 Å². The monoisotopic (exact) mass is 268 g/mol. The summed E-state index contributed by atoms with van der Waals surface area (Å²) >= 11 is 0. The normalized spacial score (nSPS) is 11.3. The van der Waals surface area contributed by atoms with Crippen LogP contribution in [0.5, 0.6) is 5.75 Å². The van der Waals surface area contributed by atoms with Gasteiger partial charge in [-0.05, 0) is 23.8 Å². The third-order valence-corrected chi connectivity index (χ3v) is 2.33. The van der Waals surface area contributed by atoms with Crippen LogP contribution in [0.25, 0.3) is 11.1 Å². The number of nitrogens with two attached hydrogens (primary N) is 1. The lowest BCUT2D eigenvalue weighted by molar-refractivity contribution is -0.153. The van der Waals surface area contributed by atoms with E-state index in [0.717, 1.165) is 5.56 Å². The van der Waals surface area contributed by atoms with E-state index < -0.39 is 12.8 Å². The maximum absolute atomic E-state index is 12.1. The molecule has 100 valence electrons. The molecule has 0 aliphatic heterocycles. The van der Waals surface area contributed by atoms with Crippen LogP contribution in [0.15, 0.2) is 42.7 Å². The van der Waals surface area contributed by atoms with Gasteiger partial charge in [0.1, 0.15) is 5.75 Å². The van der Waals surface area contributed by atoms with Crippen molar-refractivity contribution in [1.82, 2.24) is 4.98 Å². The van der Waals surface area contributed by atoms with Crippen molar-refractivity contribution < 1.29 is 17.9 Å². The number of nitrogen functional groups attached to an aromatic ring is 1. The summed E-state index contributed by atoms with van der Waals surface area (Å²) in [6.07, 6.45) is -1.17. The predicted molar refractivity (Wildman–Crippen MR) is 65.6 cm³/mol. The second-order valence-corrected chi connectivity index (χ2v) is 3.94. The van der Waals surface area contributed by atoms with Crippen LogP contribution in [0.4, 0.5) is 18.9 Å². The molecule has 0 aliphatic carbocycles. The van der Waals surface area contributed by atoms with Gasteiger partial charge in [0, 0.05) is 29.7 Å². The Hall–Kier alpha value is -2.24.